The van der Waals surface area contributed by atoms with Crippen molar-refractivity contribution in [2.45, 2.75) is 99.3 Å². The van der Waals surface area contributed by atoms with Gasteiger partial charge in [-0.3, -0.25) is 9.59 Å². The number of allylic oxidation sites excluding steroid dienone is 5. The summed E-state index contributed by atoms with van der Waals surface area (Å²) in [5, 5.41) is 9.50. The standard InChI is InChI=1S/C32H50O4/c1-10-36-30(35)18-20-32(9)26(22(4)5)14-12-24(7)28(32)16-15-27-23(6)11-13-25(21(2)3)31(27,8)19-17-29(33)34/h11,25-28H,2,4,7,10,12-20H2,1,3,5-6,8-9H3,(H,33,34)/t25-,26-,27-,28-,31+,32-/m0/s1. The molecule has 0 amide bonds. The molecule has 36 heavy (non-hydrogen) atoms. The lowest BCUT2D eigenvalue weighted by Crippen LogP contribution is -2.43. The molecule has 0 radical (unpaired) electrons. The molecular formula is C32H50O4. The average molecular weight is 499 g/mol. The van der Waals surface area contributed by atoms with Crippen LogP contribution in [0.5, 0.6) is 0 Å². The molecule has 0 aromatic heterocycles. The molecule has 0 saturated heterocycles. The minimum atomic E-state index is -0.737. The number of carbonyl (C=O) groups excluding carboxylic acids is 1. The van der Waals surface area contributed by atoms with E-state index in [1.807, 2.05) is 6.92 Å². The maximum Gasteiger partial charge on any atom is 0.305 e. The summed E-state index contributed by atoms with van der Waals surface area (Å²) in [6.45, 7) is 26.4. The van der Waals surface area contributed by atoms with Crippen LogP contribution in [-0.2, 0) is 14.3 Å². The molecule has 0 unspecified atom stereocenters. The maximum absolute atomic E-state index is 12.3. The third-order valence-electron chi connectivity index (χ3n) is 9.64. The van der Waals surface area contributed by atoms with Gasteiger partial charge in [-0.1, -0.05) is 62.0 Å². The Hall–Kier alpha value is -2.10. The number of hydrogen-bond donors (Lipinski definition) is 1. The van der Waals surface area contributed by atoms with Crippen LogP contribution in [-0.4, -0.2) is 23.7 Å². The van der Waals surface area contributed by atoms with Crippen molar-refractivity contribution in [1.82, 2.24) is 0 Å². The van der Waals surface area contributed by atoms with E-state index < -0.39 is 5.97 Å². The van der Waals surface area contributed by atoms with Crippen LogP contribution in [0.2, 0.25) is 0 Å². The molecule has 4 nitrogen and oxygen atoms in total. The van der Waals surface area contributed by atoms with Crippen LogP contribution in [0.3, 0.4) is 0 Å². The lowest BCUT2D eigenvalue weighted by atomic mass is 9.53. The van der Waals surface area contributed by atoms with Crippen LogP contribution in [0.25, 0.3) is 0 Å². The summed E-state index contributed by atoms with van der Waals surface area (Å²) in [6.07, 6.45) is 9.24. The topological polar surface area (TPSA) is 63.6 Å². The molecule has 4 heteroatoms. The van der Waals surface area contributed by atoms with Crippen molar-refractivity contribution in [3.05, 3.63) is 48.1 Å². The fourth-order valence-electron chi connectivity index (χ4n) is 7.70. The largest absolute Gasteiger partial charge is 0.481 e. The Morgan fingerprint density at radius 3 is 2.14 bits per heavy atom. The summed E-state index contributed by atoms with van der Waals surface area (Å²) in [5.41, 5.74) is 4.72. The molecule has 1 fully saturated rings. The minimum absolute atomic E-state index is 0.106. The van der Waals surface area contributed by atoms with E-state index >= 15 is 0 Å². The van der Waals surface area contributed by atoms with Gasteiger partial charge in [0.2, 0.25) is 0 Å². The summed E-state index contributed by atoms with van der Waals surface area (Å²) in [6, 6.07) is 0. The number of ether oxygens (including phenoxy) is 1. The summed E-state index contributed by atoms with van der Waals surface area (Å²) in [5.74, 6) is 0.319. The fraction of sp³-hybridized carbons (Fsp3) is 0.688. The first-order valence-electron chi connectivity index (χ1n) is 13.8. The molecule has 2 rings (SSSR count). The van der Waals surface area contributed by atoms with Crippen LogP contribution in [0.15, 0.2) is 48.1 Å². The number of rotatable bonds is 12. The van der Waals surface area contributed by atoms with Crippen molar-refractivity contribution in [2.75, 3.05) is 6.61 Å². The molecular weight excluding hydrogens is 448 g/mol. The van der Waals surface area contributed by atoms with Crippen molar-refractivity contribution < 1.29 is 19.4 Å². The van der Waals surface area contributed by atoms with Crippen molar-refractivity contribution in [2.24, 2.45) is 34.5 Å². The van der Waals surface area contributed by atoms with Crippen LogP contribution in [0.4, 0.5) is 0 Å². The van der Waals surface area contributed by atoms with E-state index in [2.05, 4.69) is 60.4 Å². The van der Waals surface area contributed by atoms with E-state index in [0.717, 1.165) is 44.1 Å². The second kappa shape index (κ2) is 12.4. The molecule has 0 heterocycles. The normalized spacial score (nSPS) is 32.5. The predicted molar refractivity (Wildman–Crippen MR) is 149 cm³/mol. The smallest absolute Gasteiger partial charge is 0.305 e. The number of esters is 1. The van der Waals surface area contributed by atoms with Crippen molar-refractivity contribution >= 4 is 11.9 Å². The number of hydrogen-bond acceptors (Lipinski definition) is 3. The second-order valence-corrected chi connectivity index (χ2v) is 12.1. The monoisotopic (exact) mass is 498 g/mol. The highest BCUT2D eigenvalue weighted by atomic mass is 16.5. The van der Waals surface area contributed by atoms with Gasteiger partial charge in [-0.25, -0.2) is 0 Å². The van der Waals surface area contributed by atoms with Gasteiger partial charge in [0.05, 0.1) is 6.61 Å². The van der Waals surface area contributed by atoms with Crippen LogP contribution >= 0.6 is 0 Å². The van der Waals surface area contributed by atoms with Gasteiger partial charge in [-0.2, -0.15) is 0 Å². The highest BCUT2D eigenvalue weighted by Gasteiger charge is 2.48. The zero-order valence-electron chi connectivity index (χ0n) is 23.8. The molecule has 0 bridgehead atoms. The molecule has 1 N–H and O–H groups in total. The Morgan fingerprint density at radius 1 is 1.03 bits per heavy atom. The molecule has 202 valence electrons. The number of aliphatic carboxylic acids is 1. The Bertz CT molecular complexity index is 896. The lowest BCUT2D eigenvalue weighted by Gasteiger charge is -2.52. The summed E-state index contributed by atoms with van der Waals surface area (Å²) in [7, 11) is 0. The summed E-state index contributed by atoms with van der Waals surface area (Å²) in [4.78, 5) is 23.9. The molecule has 6 atom stereocenters. The van der Waals surface area contributed by atoms with Crippen molar-refractivity contribution in [1.29, 1.82) is 0 Å². The SMILES string of the molecule is C=C(C)[C@@H]1CCC(=C)[C@H](CC[C@H]2C(C)=CC[C@@H](C(=C)C)[C@@]2(C)CCC(=O)O)[C@@]1(C)CCC(=O)OCC. The van der Waals surface area contributed by atoms with E-state index in [-0.39, 0.29) is 35.1 Å². The average Bonchev–Trinajstić information content (AvgIpc) is 2.77. The van der Waals surface area contributed by atoms with E-state index in [0.29, 0.717) is 31.3 Å². The first-order valence-corrected chi connectivity index (χ1v) is 13.8. The van der Waals surface area contributed by atoms with Crippen LogP contribution < -0.4 is 0 Å². The number of carboxylic acid groups (broad SMARTS) is 1. The maximum atomic E-state index is 12.3. The molecule has 2 aliphatic carbocycles. The van der Waals surface area contributed by atoms with Crippen LogP contribution in [0.1, 0.15) is 99.3 Å². The van der Waals surface area contributed by atoms with Gasteiger partial charge in [0.25, 0.3) is 0 Å². The Kier molecular flexibility index (Phi) is 10.4. The molecule has 0 spiro atoms. The van der Waals surface area contributed by atoms with E-state index in [4.69, 9.17) is 4.74 Å². The molecule has 1 saturated carbocycles. The minimum Gasteiger partial charge on any atom is -0.481 e. The lowest BCUT2D eigenvalue weighted by molar-refractivity contribution is -0.144. The predicted octanol–water partition coefficient (Wildman–Crippen LogP) is 8.30. The van der Waals surface area contributed by atoms with E-state index in [1.54, 1.807) is 0 Å². The highest BCUT2D eigenvalue weighted by molar-refractivity contribution is 5.69. The quantitative estimate of drug-likeness (QED) is 0.217. The first-order chi connectivity index (χ1) is 16.8. The number of carboxylic acids is 1. The van der Waals surface area contributed by atoms with Crippen molar-refractivity contribution in [3.8, 4) is 0 Å². The van der Waals surface area contributed by atoms with E-state index in [9.17, 15) is 14.7 Å². The van der Waals surface area contributed by atoms with Gasteiger partial charge in [0, 0.05) is 12.8 Å². The Balaban J connectivity index is 2.37. The third-order valence-corrected chi connectivity index (χ3v) is 9.64. The molecule has 0 aromatic rings. The third kappa shape index (κ3) is 6.61. The van der Waals surface area contributed by atoms with Crippen molar-refractivity contribution in [3.63, 3.8) is 0 Å². The Morgan fingerprint density at radius 2 is 1.58 bits per heavy atom. The van der Waals surface area contributed by atoms with Gasteiger partial charge in [-0.15, -0.1) is 0 Å². The Labute approximate surface area is 220 Å². The van der Waals surface area contributed by atoms with Gasteiger partial charge in [-0.05, 0) is 107 Å². The highest BCUT2D eigenvalue weighted by Crippen LogP contribution is 2.57. The molecule has 2 aliphatic rings. The zero-order chi connectivity index (χ0) is 27.3. The molecule has 0 aromatic carbocycles. The van der Waals surface area contributed by atoms with Crippen LogP contribution in [0, 0.1) is 34.5 Å². The van der Waals surface area contributed by atoms with Gasteiger partial charge < -0.3 is 9.84 Å². The molecule has 0 aliphatic heterocycles. The van der Waals surface area contributed by atoms with Gasteiger partial charge in [0.1, 0.15) is 0 Å². The van der Waals surface area contributed by atoms with Gasteiger partial charge in [0.15, 0.2) is 0 Å². The zero-order valence-corrected chi connectivity index (χ0v) is 23.8. The number of carbonyl (C=O) groups is 2. The second-order valence-electron chi connectivity index (χ2n) is 12.1. The summed E-state index contributed by atoms with van der Waals surface area (Å²) < 4.78 is 5.27. The fourth-order valence-corrected chi connectivity index (χ4v) is 7.70. The summed E-state index contributed by atoms with van der Waals surface area (Å²) >= 11 is 0. The van der Waals surface area contributed by atoms with E-state index in [1.165, 1.54) is 16.7 Å². The van der Waals surface area contributed by atoms with Gasteiger partial charge >= 0.3 is 11.9 Å². The first kappa shape index (κ1) is 30.1.